The van der Waals surface area contributed by atoms with Crippen molar-refractivity contribution >= 4 is 11.9 Å². The lowest BCUT2D eigenvalue weighted by Crippen LogP contribution is -2.41. The number of hydroxylamine groups is 1. The van der Waals surface area contributed by atoms with Gasteiger partial charge in [-0.05, 0) is 33.3 Å². The highest BCUT2D eigenvalue weighted by Crippen LogP contribution is 2.23. The minimum absolute atomic E-state index is 0.447. The number of carbonyl (C=O) groups is 2. The Labute approximate surface area is 106 Å². The van der Waals surface area contributed by atoms with Gasteiger partial charge in [0, 0.05) is 5.57 Å². The fourth-order valence-electron chi connectivity index (χ4n) is 1.42. The van der Waals surface area contributed by atoms with Crippen molar-refractivity contribution in [2.45, 2.75) is 39.7 Å². The monoisotopic (exact) mass is 251 g/mol. The van der Waals surface area contributed by atoms with Gasteiger partial charge in [-0.1, -0.05) is 13.0 Å². The number of azo groups is 1. The van der Waals surface area contributed by atoms with E-state index in [1.54, 1.807) is 32.9 Å². The second-order valence-corrected chi connectivity index (χ2v) is 4.25. The van der Waals surface area contributed by atoms with E-state index >= 15 is 0 Å². The van der Waals surface area contributed by atoms with Crippen LogP contribution < -0.4 is 5.48 Å². The van der Waals surface area contributed by atoms with Gasteiger partial charge in [-0.15, -0.1) is 0 Å². The first kappa shape index (κ1) is 14.1. The highest BCUT2D eigenvalue weighted by Gasteiger charge is 2.35. The zero-order valence-corrected chi connectivity index (χ0v) is 11.0. The molecule has 0 fully saturated rings. The van der Waals surface area contributed by atoms with Gasteiger partial charge in [-0.25, -0.2) is 4.79 Å². The highest BCUT2D eigenvalue weighted by atomic mass is 16.7. The molecule has 0 aliphatic carbocycles. The van der Waals surface area contributed by atoms with E-state index in [0.717, 1.165) is 6.42 Å². The molecular formula is C12H17N3O3. The fraction of sp³-hybridized carbons (Fsp3) is 0.500. The number of allylic oxidation sites excluding steroid dienone is 2. The molecule has 1 aliphatic rings. The van der Waals surface area contributed by atoms with Crippen molar-refractivity contribution in [1.82, 2.24) is 5.48 Å². The molecule has 1 amide bonds. The third kappa shape index (κ3) is 3.26. The summed E-state index contributed by atoms with van der Waals surface area (Å²) in [5.74, 6) is -1.11. The van der Waals surface area contributed by atoms with Gasteiger partial charge in [0.2, 0.25) is 0 Å². The molecule has 6 heteroatoms. The lowest BCUT2D eigenvalue weighted by Gasteiger charge is -2.15. The van der Waals surface area contributed by atoms with Crippen LogP contribution >= 0.6 is 0 Å². The number of hydrogen-bond acceptors (Lipinski definition) is 5. The van der Waals surface area contributed by atoms with E-state index in [2.05, 4.69) is 15.7 Å². The Morgan fingerprint density at radius 3 is 2.72 bits per heavy atom. The van der Waals surface area contributed by atoms with E-state index in [-0.39, 0.29) is 0 Å². The fourth-order valence-corrected chi connectivity index (χ4v) is 1.42. The van der Waals surface area contributed by atoms with Crippen LogP contribution in [-0.2, 0) is 14.4 Å². The smallest absolute Gasteiger partial charge is 0.336 e. The summed E-state index contributed by atoms with van der Waals surface area (Å²) in [5, 5.41) is 7.60. The predicted molar refractivity (Wildman–Crippen MR) is 65.3 cm³/mol. The van der Waals surface area contributed by atoms with E-state index < -0.39 is 17.4 Å². The van der Waals surface area contributed by atoms with Crippen molar-refractivity contribution in [2.24, 2.45) is 10.2 Å². The van der Waals surface area contributed by atoms with Crippen molar-refractivity contribution < 1.29 is 14.4 Å². The van der Waals surface area contributed by atoms with E-state index in [1.807, 2.05) is 6.92 Å². The maximum atomic E-state index is 11.8. The molecule has 0 aromatic carbocycles. The molecule has 1 aliphatic heterocycles. The van der Waals surface area contributed by atoms with Gasteiger partial charge < -0.3 is 4.84 Å². The zero-order chi connectivity index (χ0) is 13.8. The minimum atomic E-state index is -1.10. The van der Waals surface area contributed by atoms with Crippen LogP contribution in [0.3, 0.4) is 0 Å². The normalized spacial score (nSPS) is 22.7. The van der Waals surface area contributed by atoms with Crippen LogP contribution in [0.2, 0.25) is 0 Å². The van der Waals surface area contributed by atoms with Crippen LogP contribution in [-0.4, -0.2) is 17.4 Å². The summed E-state index contributed by atoms with van der Waals surface area (Å²) < 4.78 is 0. The number of hydrogen-bond donors (Lipinski definition) is 1. The molecule has 6 nitrogen and oxygen atoms in total. The number of carbonyl (C=O) groups excluding carboxylic acids is 2. The quantitative estimate of drug-likeness (QED) is 0.615. The van der Waals surface area contributed by atoms with E-state index in [4.69, 9.17) is 4.84 Å². The molecule has 1 unspecified atom stereocenters. The molecule has 0 aromatic rings. The number of rotatable bonds is 3. The van der Waals surface area contributed by atoms with E-state index in [9.17, 15) is 9.59 Å². The molecule has 0 radical (unpaired) electrons. The Morgan fingerprint density at radius 1 is 1.56 bits per heavy atom. The first-order chi connectivity index (χ1) is 8.39. The number of nitrogens with one attached hydrogen (secondary N) is 1. The molecule has 0 saturated heterocycles. The second-order valence-electron chi connectivity index (χ2n) is 4.25. The van der Waals surface area contributed by atoms with Crippen LogP contribution in [0.4, 0.5) is 0 Å². The summed E-state index contributed by atoms with van der Waals surface area (Å²) in [6.07, 6.45) is 4.04. The number of amides is 1. The zero-order valence-electron chi connectivity index (χ0n) is 11.0. The largest absolute Gasteiger partial charge is 0.358 e. The summed E-state index contributed by atoms with van der Waals surface area (Å²) in [4.78, 5) is 27.9. The first-order valence-electron chi connectivity index (χ1n) is 5.70. The summed E-state index contributed by atoms with van der Waals surface area (Å²) in [7, 11) is 0. The van der Waals surface area contributed by atoms with Crippen LogP contribution in [0.25, 0.3) is 0 Å². The standard InChI is InChI=1S/C12H17N3O3/c1-5-6-8(2)10(16)18-14-11(17)12(4)7-9(3)13-15-12/h6-7H,5H2,1-4H3,(H,14,17). The molecule has 0 aromatic heterocycles. The molecule has 1 rings (SSSR count). The minimum Gasteiger partial charge on any atom is -0.336 e. The van der Waals surface area contributed by atoms with Gasteiger partial charge in [0.05, 0.1) is 5.70 Å². The van der Waals surface area contributed by atoms with Crippen molar-refractivity contribution in [1.29, 1.82) is 0 Å². The average Bonchev–Trinajstić information content (AvgIpc) is 2.67. The van der Waals surface area contributed by atoms with Crippen molar-refractivity contribution in [2.75, 3.05) is 0 Å². The SMILES string of the molecule is CCC=C(C)C(=O)ONC(=O)C1(C)C=C(C)N=N1. The molecule has 98 valence electrons. The van der Waals surface area contributed by atoms with Gasteiger partial charge in [0.15, 0.2) is 5.54 Å². The average molecular weight is 251 g/mol. The lowest BCUT2D eigenvalue weighted by atomic mass is 10.0. The Balaban J connectivity index is 2.56. The van der Waals surface area contributed by atoms with Crippen LogP contribution in [0, 0.1) is 0 Å². The summed E-state index contributed by atoms with van der Waals surface area (Å²) in [6.45, 7) is 6.86. The van der Waals surface area contributed by atoms with Gasteiger partial charge >= 0.3 is 5.97 Å². The van der Waals surface area contributed by atoms with Crippen molar-refractivity contribution in [3.8, 4) is 0 Å². The lowest BCUT2D eigenvalue weighted by molar-refractivity contribution is -0.155. The highest BCUT2D eigenvalue weighted by molar-refractivity contribution is 5.92. The molecule has 0 saturated carbocycles. The van der Waals surface area contributed by atoms with Gasteiger partial charge in [-0.3, -0.25) is 4.79 Å². The Bertz CT molecular complexity index is 451. The first-order valence-corrected chi connectivity index (χ1v) is 5.70. The summed E-state index contributed by atoms with van der Waals surface area (Å²) in [6, 6.07) is 0. The van der Waals surface area contributed by atoms with Gasteiger partial charge in [0.25, 0.3) is 5.91 Å². The van der Waals surface area contributed by atoms with Crippen molar-refractivity contribution in [3.63, 3.8) is 0 Å². The second kappa shape index (κ2) is 5.57. The molecule has 0 spiro atoms. The van der Waals surface area contributed by atoms with Gasteiger partial charge in [-0.2, -0.15) is 15.7 Å². The van der Waals surface area contributed by atoms with E-state index in [0.29, 0.717) is 11.3 Å². The van der Waals surface area contributed by atoms with Crippen LogP contribution in [0.15, 0.2) is 33.7 Å². The maximum absolute atomic E-state index is 11.8. The maximum Gasteiger partial charge on any atom is 0.358 e. The third-order valence-electron chi connectivity index (χ3n) is 2.43. The van der Waals surface area contributed by atoms with Crippen LogP contribution in [0.1, 0.15) is 34.1 Å². The van der Waals surface area contributed by atoms with E-state index in [1.165, 1.54) is 0 Å². The molecule has 0 bridgehead atoms. The summed E-state index contributed by atoms with van der Waals surface area (Å²) >= 11 is 0. The van der Waals surface area contributed by atoms with Crippen molar-refractivity contribution in [3.05, 3.63) is 23.4 Å². The Morgan fingerprint density at radius 2 is 2.22 bits per heavy atom. The summed E-state index contributed by atoms with van der Waals surface area (Å²) in [5.41, 5.74) is 2.09. The Kier molecular flexibility index (Phi) is 4.36. The predicted octanol–water partition coefficient (Wildman–Crippen LogP) is 2.05. The number of nitrogens with zero attached hydrogens (tertiary/aromatic N) is 2. The topological polar surface area (TPSA) is 80.1 Å². The molecule has 18 heavy (non-hydrogen) atoms. The van der Waals surface area contributed by atoms with Gasteiger partial charge in [0.1, 0.15) is 0 Å². The Hall–Kier alpha value is -1.98. The molecular weight excluding hydrogens is 234 g/mol. The molecule has 1 atom stereocenters. The van der Waals surface area contributed by atoms with Crippen LogP contribution in [0.5, 0.6) is 0 Å². The molecule has 1 heterocycles. The third-order valence-corrected chi connectivity index (χ3v) is 2.43. The molecule has 1 N–H and O–H groups in total.